The van der Waals surface area contributed by atoms with Crippen LogP contribution in [0.5, 0.6) is 0 Å². The van der Waals surface area contributed by atoms with Crippen LogP contribution in [0.15, 0.2) is 52.9 Å². The third-order valence-corrected chi connectivity index (χ3v) is 6.03. The van der Waals surface area contributed by atoms with Crippen LogP contribution in [0.1, 0.15) is 21.7 Å². The van der Waals surface area contributed by atoms with Crippen molar-refractivity contribution in [3.05, 3.63) is 58.3 Å². The van der Waals surface area contributed by atoms with Crippen molar-refractivity contribution >= 4 is 28.7 Å². The van der Waals surface area contributed by atoms with Crippen LogP contribution in [0.4, 0.5) is 5.13 Å². The molecule has 8 heteroatoms. The number of primary amides is 1. The lowest BCUT2D eigenvalue weighted by Crippen LogP contribution is -2.23. The van der Waals surface area contributed by atoms with Crippen molar-refractivity contribution in [1.82, 2.24) is 9.88 Å². The highest BCUT2D eigenvalue weighted by Crippen LogP contribution is 2.38. The van der Waals surface area contributed by atoms with E-state index in [0.717, 1.165) is 35.5 Å². The Morgan fingerprint density at radius 3 is 2.97 bits per heavy atom. The molecule has 4 rings (SSSR count). The molecule has 0 fully saturated rings. The van der Waals surface area contributed by atoms with Crippen LogP contribution in [-0.4, -0.2) is 55.4 Å². The lowest BCUT2D eigenvalue weighted by atomic mass is 10.0. The van der Waals surface area contributed by atoms with E-state index in [-0.39, 0.29) is 6.04 Å². The molecular weight excluding hydrogens is 398 g/mol. The number of benzene rings is 1. The molecule has 1 aliphatic heterocycles. The number of anilines is 1. The van der Waals surface area contributed by atoms with E-state index >= 15 is 0 Å². The summed E-state index contributed by atoms with van der Waals surface area (Å²) in [7, 11) is 4.04. The van der Waals surface area contributed by atoms with Crippen LogP contribution in [0.25, 0.3) is 11.3 Å². The molecule has 1 aromatic carbocycles. The zero-order valence-corrected chi connectivity index (χ0v) is 18.1. The normalized spacial score (nSPS) is 17.7. The van der Waals surface area contributed by atoms with Gasteiger partial charge < -0.3 is 15.4 Å². The number of carbonyl (C=O) groups is 1. The van der Waals surface area contributed by atoms with Crippen LogP contribution < -0.4 is 10.6 Å². The summed E-state index contributed by atoms with van der Waals surface area (Å²) < 4.78 is 5.91. The van der Waals surface area contributed by atoms with Gasteiger partial charge in [0.15, 0.2) is 5.13 Å². The number of amides is 1. The summed E-state index contributed by atoms with van der Waals surface area (Å²) in [5.41, 5.74) is 9.25. The summed E-state index contributed by atoms with van der Waals surface area (Å²) in [6.45, 7) is 3.47. The maximum Gasteiger partial charge on any atom is 0.261 e. The number of thiazole rings is 1. The first-order chi connectivity index (χ1) is 14.4. The molecule has 1 atom stereocenters. The third kappa shape index (κ3) is 4.15. The second-order valence-electron chi connectivity index (χ2n) is 7.62. The predicted molar refractivity (Wildman–Crippen MR) is 121 cm³/mol. The number of likely N-dealkylation sites (N-methyl/N-ethyl adjacent to an activating group) is 1. The van der Waals surface area contributed by atoms with Gasteiger partial charge in [-0.1, -0.05) is 35.1 Å². The Balaban J connectivity index is 1.63. The number of nitrogens with two attached hydrogens (primary N) is 1. The Labute approximate surface area is 180 Å². The number of nitrogens with zero attached hydrogens (tertiary/aromatic N) is 4. The monoisotopic (exact) mass is 423 g/mol. The Morgan fingerprint density at radius 2 is 2.23 bits per heavy atom. The minimum atomic E-state index is -0.479. The van der Waals surface area contributed by atoms with E-state index in [4.69, 9.17) is 15.5 Å². The number of rotatable bonds is 7. The molecule has 2 N–H and O–H groups in total. The zero-order valence-electron chi connectivity index (χ0n) is 17.3. The standard InChI is InChI=1S/C22H25N5O2S/c1-14-5-4-6-15(11-14)19-20(21(23)28)30-22(25-19)27-13-24-17-8-7-16(12-18(17)27)29-10-9-26(2)3/h4-7,11-13,17H,8-10H2,1-3H3,(H2,23,28). The average molecular weight is 424 g/mol. The van der Waals surface area contributed by atoms with E-state index in [2.05, 4.69) is 16.0 Å². The van der Waals surface area contributed by atoms with Gasteiger partial charge in [-0.05, 0) is 39.6 Å². The third-order valence-electron chi connectivity index (χ3n) is 4.96. The summed E-state index contributed by atoms with van der Waals surface area (Å²) in [6.07, 6.45) is 6.62. The van der Waals surface area contributed by atoms with Gasteiger partial charge in [0.1, 0.15) is 17.2 Å². The lowest BCUT2D eigenvalue weighted by Gasteiger charge is -2.22. The lowest BCUT2D eigenvalue weighted by molar-refractivity contribution is 0.100. The van der Waals surface area contributed by atoms with Crippen molar-refractivity contribution in [2.24, 2.45) is 10.7 Å². The minimum Gasteiger partial charge on any atom is -0.493 e. The van der Waals surface area contributed by atoms with Gasteiger partial charge in [-0.3, -0.25) is 14.7 Å². The molecule has 0 saturated carbocycles. The molecule has 1 aromatic heterocycles. The minimum absolute atomic E-state index is 0.0366. The topological polar surface area (TPSA) is 84.1 Å². The summed E-state index contributed by atoms with van der Waals surface area (Å²) in [5.74, 6) is 0.359. The van der Waals surface area contributed by atoms with Crippen molar-refractivity contribution in [3.63, 3.8) is 0 Å². The molecule has 0 radical (unpaired) electrons. The van der Waals surface area contributed by atoms with E-state index in [9.17, 15) is 4.79 Å². The van der Waals surface area contributed by atoms with Gasteiger partial charge in [0, 0.05) is 18.2 Å². The quantitative estimate of drug-likeness (QED) is 0.739. The first-order valence-corrected chi connectivity index (χ1v) is 10.6. The maximum absolute atomic E-state index is 12.1. The summed E-state index contributed by atoms with van der Waals surface area (Å²) in [4.78, 5) is 25.9. The Morgan fingerprint density at radius 1 is 1.40 bits per heavy atom. The fourth-order valence-electron chi connectivity index (χ4n) is 3.40. The van der Waals surface area contributed by atoms with Crippen molar-refractivity contribution < 1.29 is 9.53 Å². The molecule has 156 valence electrons. The average Bonchev–Trinajstić information content (AvgIpc) is 3.31. The van der Waals surface area contributed by atoms with E-state index in [1.54, 1.807) is 6.34 Å². The van der Waals surface area contributed by atoms with Gasteiger partial charge in [0.05, 0.1) is 23.8 Å². The summed E-state index contributed by atoms with van der Waals surface area (Å²) in [5, 5.41) is 0.673. The van der Waals surface area contributed by atoms with Gasteiger partial charge in [-0.25, -0.2) is 4.98 Å². The summed E-state index contributed by atoms with van der Waals surface area (Å²) in [6, 6.07) is 7.95. The van der Waals surface area contributed by atoms with E-state index in [0.29, 0.717) is 22.3 Å². The highest BCUT2D eigenvalue weighted by Gasteiger charge is 2.31. The molecule has 0 spiro atoms. The highest BCUT2D eigenvalue weighted by atomic mass is 32.1. The van der Waals surface area contributed by atoms with Crippen LogP contribution in [0, 0.1) is 6.92 Å². The predicted octanol–water partition coefficient (Wildman–Crippen LogP) is 3.18. The van der Waals surface area contributed by atoms with Crippen LogP contribution in [0.2, 0.25) is 0 Å². The first-order valence-electron chi connectivity index (χ1n) is 9.82. The van der Waals surface area contributed by atoms with Crippen LogP contribution >= 0.6 is 11.3 Å². The number of aliphatic imine (C=N–C) groups is 1. The molecule has 2 aliphatic rings. The highest BCUT2D eigenvalue weighted by molar-refractivity contribution is 7.18. The Kier molecular flexibility index (Phi) is 5.69. The second-order valence-corrected chi connectivity index (χ2v) is 8.60. The van der Waals surface area contributed by atoms with E-state index in [1.165, 1.54) is 11.3 Å². The number of hydrogen-bond donors (Lipinski definition) is 1. The fraction of sp³-hybridized carbons (Fsp3) is 0.318. The number of aryl methyl sites for hydroxylation is 1. The number of fused-ring (bicyclic) bond motifs is 1. The van der Waals surface area contributed by atoms with Gasteiger partial charge in [-0.15, -0.1) is 0 Å². The molecule has 1 amide bonds. The number of carbonyl (C=O) groups excluding carboxylic acids is 1. The van der Waals surface area contributed by atoms with E-state index in [1.807, 2.05) is 56.3 Å². The molecule has 0 saturated heterocycles. The number of ether oxygens (including phenoxy) is 1. The van der Waals surface area contributed by atoms with Gasteiger partial charge in [-0.2, -0.15) is 0 Å². The molecule has 0 bridgehead atoms. The molecule has 2 heterocycles. The number of aromatic nitrogens is 1. The Bertz CT molecular complexity index is 1050. The number of hydrogen-bond acceptors (Lipinski definition) is 7. The first kappa shape index (κ1) is 20.3. The van der Waals surface area contributed by atoms with Crippen LogP contribution in [-0.2, 0) is 4.74 Å². The van der Waals surface area contributed by atoms with E-state index < -0.39 is 5.91 Å². The molecule has 1 unspecified atom stereocenters. The SMILES string of the molecule is Cc1cccc(-c2nc(N3C=NC4CC=C(OCCN(C)C)C=C43)sc2C(N)=O)c1. The van der Waals surface area contributed by atoms with Gasteiger partial charge in [0.2, 0.25) is 0 Å². The maximum atomic E-state index is 12.1. The van der Waals surface area contributed by atoms with Crippen molar-refractivity contribution in [3.8, 4) is 11.3 Å². The zero-order chi connectivity index (χ0) is 21.3. The molecule has 30 heavy (non-hydrogen) atoms. The largest absolute Gasteiger partial charge is 0.493 e. The number of allylic oxidation sites excluding steroid dienone is 1. The molecule has 7 nitrogen and oxygen atoms in total. The second kappa shape index (κ2) is 8.41. The molecular formula is C22H25N5O2S. The van der Waals surface area contributed by atoms with Gasteiger partial charge >= 0.3 is 0 Å². The molecule has 2 aromatic rings. The van der Waals surface area contributed by atoms with Crippen molar-refractivity contribution in [2.45, 2.75) is 19.4 Å². The summed E-state index contributed by atoms with van der Waals surface area (Å²) >= 11 is 1.29. The smallest absolute Gasteiger partial charge is 0.261 e. The van der Waals surface area contributed by atoms with Crippen molar-refractivity contribution in [1.29, 1.82) is 0 Å². The molecule has 1 aliphatic carbocycles. The Hall–Kier alpha value is -2.97. The fourth-order valence-corrected chi connectivity index (χ4v) is 4.34. The van der Waals surface area contributed by atoms with Crippen molar-refractivity contribution in [2.75, 3.05) is 32.1 Å². The van der Waals surface area contributed by atoms with Gasteiger partial charge in [0.25, 0.3) is 5.91 Å². The van der Waals surface area contributed by atoms with Crippen LogP contribution in [0.3, 0.4) is 0 Å².